The quantitative estimate of drug-likeness (QED) is 0.353. The number of thioether (sulfide) groups is 1. The number of amides is 1. The van der Waals surface area contributed by atoms with Gasteiger partial charge in [0.25, 0.3) is 0 Å². The van der Waals surface area contributed by atoms with Crippen LogP contribution in [-0.2, 0) is 4.79 Å². The highest BCUT2D eigenvalue weighted by molar-refractivity contribution is 8.00. The van der Waals surface area contributed by atoms with E-state index in [0.29, 0.717) is 34.6 Å². The lowest BCUT2D eigenvalue weighted by Gasteiger charge is -2.14. The second-order valence-electron chi connectivity index (χ2n) is 7.54. The number of hydrogen-bond acceptors (Lipinski definition) is 6. The van der Waals surface area contributed by atoms with Crippen molar-refractivity contribution in [3.05, 3.63) is 75.8 Å². The summed E-state index contributed by atoms with van der Waals surface area (Å²) in [7, 11) is 0. The van der Waals surface area contributed by atoms with E-state index in [1.165, 1.54) is 16.3 Å². The average Bonchev–Trinajstić information content (AvgIpc) is 3.24. The Morgan fingerprint density at radius 3 is 2.59 bits per heavy atom. The van der Waals surface area contributed by atoms with Crippen molar-refractivity contribution >= 4 is 40.6 Å². The minimum atomic E-state index is -0.430. The monoisotopic (exact) mass is 497 g/mol. The first-order valence-electron chi connectivity index (χ1n) is 10.8. The van der Waals surface area contributed by atoms with Crippen LogP contribution in [0.15, 0.2) is 64.8 Å². The molecule has 0 bridgehead atoms. The van der Waals surface area contributed by atoms with Gasteiger partial charge in [-0.05, 0) is 62.2 Å². The first-order valence-corrected chi connectivity index (χ1v) is 12.1. The minimum Gasteiger partial charge on any atom is -0.494 e. The van der Waals surface area contributed by atoms with Gasteiger partial charge in [-0.1, -0.05) is 36.4 Å². The molecule has 0 fully saturated rings. The molecule has 4 rings (SSSR count). The van der Waals surface area contributed by atoms with Crippen LogP contribution in [0.5, 0.6) is 5.75 Å². The summed E-state index contributed by atoms with van der Waals surface area (Å²) in [5.41, 5.74) is 2.13. The zero-order valence-electron chi connectivity index (χ0n) is 19.0. The second-order valence-corrected chi connectivity index (χ2v) is 9.12. The Labute approximate surface area is 205 Å². The molecule has 2 heterocycles. The van der Waals surface area contributed by atoms with Crippen LogP contribution in [0.2, 0.25) is 5.02 Å². The summed E-state index contributed by atoms with van der Waals surface area (Å²) >= 11 is 7.43. The molecule has 176 valence electrons. The average molecular weight is 498 g/mol. The van der Waals surface area contributed by atoms with Crippen molar-refractivity contribution in [2.45, 2.75) is 37.6 Å². The van der Waals surface area contributed by atoms with E-state index in [-0.39, 0.29) is 17.1 Å². The van der Waals surface area contributed by atoms with Crippen molar-refractivity contribution in [1.29, 1.82) is 0 Å². The van der Waals surface area contributed by atoms with Crippen LogP contribution < -0.4 is 15.6 Å². The third kappa shape index (κ3) is 4.95. The van der Waals surface area contributed by atoms with Crippen LogP contribution in [0.3, 0.4) is 0 Å². The van der Waals surface area contributed by atoms with E-state index in [9.17, 15) is 9.59 Å². The number of rotatable bonds is 8. The number of fused-ring (bicyclic) bond motifs is 1. The molecule has 8 nitrogen and oxygen atoms in total. The number of benzene rings is 2. The van der Waals surface area contributed by atoms with E-state index in [1.54, 1.807) is 22.9 Å². The van der Waals surface area contributed by atoms with Gasteiger partial charge in [-0.25, -0.2) is 0 Å². The molecule has 0 saturated heterocycles. The Hall–Kier alpha value is -3.30. The number of hydrogen-bond donors (Lipinski definition) is 1. The van der Waals surface area contributed by atoms with Gasteiger partial charge in [0.05, 0.1) is 11.9 Å². The normalized spacial score (nSPS) is 12.0. The Balaban J connectivity index is 1.55. The van der Waals surface area contributed by atoms with Crippen molar-refractivity contribution in [3.63, 3.8) is 0 Å². The highest BCUT2D eigenvalue weighted by Crippen LogP contribution is 2.26. The molecule has 0 saturated carbocycles. The summed E-state index contributed by atoms with van der Waals surface area (Å²) in [5.74, 6) is 0.560. The summed E-state index contributed by atoms with van der Waals surface area (Å²) in [6, 6.07) is 12.6. The first-order chi connectivity index (χ1) is 16.4. The molecule has 34 heavy (non-hydrogen) atoms. The molecule has 0 aliphatic rings. The Morgan fingerprint density at radius 1 is 1.15 bits per heavy atom. The molecule has 0 radical (unpaired) electrons. The number of aromatic nitrogens is 4. The lowest BCUT2D eigenvalue weighted by Crippen LogP contribution is -2.25. The molecule has 1 atom stereocenters. The molecule has 4 aromatic rings. The van der Waals surface area contributed by atoms with Crippen LogP contribution in [0, 0.1) is 6.92 Å². The number of halogens is 1. The van der Waals surface area contributed by atoms with Crippen LogP contribution >= 0.6 is 23.4 Å². The maximum Gasteiger partial charge on any atom is 0.300 e. The van der Waals surface area contributed by atoms with Crippen molar-refractivity contribution in [1.82, 2.24) is 19.2 Å². The van der Waals surface area contributed by atoms with Crippen LogP contribution in [-0.4, -0.2) is 36.9 Å². The predicted octanol–water partition coefficient (Wildman–Crippen LogP) is 4.75. The van der Waals surface area contributed by atoms with Gasteiger partial charge < -0.3 is 10.1 Å². The Kier molecular flexibility index (Phi) is 7.23. The number of aryl methyl sites for hydroxylation is 1. The highest BCUT2D eigenvalue weighted by atomic mass is 35.5. The van der Waals surface area contributed by atoms with Gasteiger partial charge in [-0.15, -0.1) is 10.2 Å². The lowest BCUT2D eigenvalue weighted by atomic mass is 10.2. The molecular formula is C24H24ClN5O3S. The van der Waals surface area contributed by atoms with E-state index in [0.717, 1.165) is 11.3 Å². The summed E-state index contributed by atoms with van der Waals surface area (Å²) < 4.78 is 8.57. The van der Waals surface area contributed by atoms with Crippen LogP contribution in [0.4, 0.5) is 5.69 Å². The molecule has 0 aliphatic carbocycles. The topological polar surface area (TPSA) is 90.5 Å². The molecule has 1 amide bonds. The van der Waals surface area contributed by atoms with Gasteiger partial charge in [-0.2, -0.15) is 0 Å². The van der Waals surface area contributed by atoms with E-state index in [4.69, 9.17) is 16.3 Å². The fourth-order valence-corrected chi connectivity index (χ4v) is 4.48. The largest absolute Gasteiger partial charge is 0.494 e. The molecule has 10 heteroatoms. The molecule has 1 N–H and O–H groups in total. The van der Waals surface area contributed by atoms with Gasteiger partial charge in [0.15, 0.2) is 5.16 Å². The van der Waals surface area contributed by atoms with E-state index < -0.39 is 5.25 Å². The van der Waals surface area contributed by atoms with Crippen molar-refractivity contribution in [2.24, 2.45) is 0 Å². The molecule has 0 aliphatic heterocycles. The predicted molar refractivity (Wildman–Crippen MR) is 135 cm³/mol. The second kappa shape index (κ2) is 10.3. The fourth-order valence-electron chi connectivity index (χ4n) is 3.36. The standard InChI is InChI=1S/C24H24ClN5O3S/c1-4-20(22(31)26-16-7-6-15(3)19(25)14-16)34-24-28-27-21-23(32)29(12-13-30(21)24)17-8-10-18(11-9-17)33-5-2/h6-14,20H,4-5H2,1-3H3,(H,26,31). The van der Waals surface area contributed by atoms with Crippen molar-refractivity contribution in [2.75, 3.05) is 11.9 Å². The van der Waals surface area contributed by atoms with E-state index in [1.807, 2.05) is 57.2 Å². The summed E-state index contributed by atoms with van der Waals surface area (Å²) in [6.07, 6.45) is 3.95. The molecule has 2 aromatic heterocycles. The zero-order valence-corrected chi connectivity index (χ0v) is 20.6. The first kappa shape index (κ1) is 23.8. The minimum absolute atomic E-state index is 0.174. The maximum absolute atomic E-state index is 13.0. The Morgan fingerprint density at radius 2 is 1.91 bits per heavy atom. The van der Waals surface area contributed by atoms with E-state index in [2.05, 4.69) is 15.5 Å². The number of ether oxygens (including phenoxy) is 1. The summed E-state index contributed by atoms with van der Waals surface area (Å²) in [4.78, 5) is 25.9. The smallest absolute Gasteiger partial charge is 0.300 e. The maximum atomic E-state index is 13.0. The fraction of sp³-hybridized carbons (Fsp3) is 0.250. The molecule has 1 unspecified atom stereocenters. The van der Waals surface area contributed by atoms with Gasteiger partial charge in [-0.3, -0.25) is 18.6 Å². The van der Waals surface area contributed by atoms with Crippen molar-refractivity contribution in [3.8, 4) is 11.4 Å². The highest BCUT2D eigenvalue weighted by Gasteiger charge is 2.22. The van der Waals surface area contributed by atoms with E-state index >= 15 is 0 Å². The number of nitrogens with zero attached hydrogens (tertiary/aromatic N) is 4. The van der Waals surface area contributed by atoms with Gasteiger partial charge in [0.2, 0.25) is 11.6 Å². The number of carbonyl (C=O) groups excluding carboxylic acids is 1. The number of carbonyl (C=O) groups is 1. The lowest BCUT2D eigenvalue weighted by molar-refractivity contribution is -0.115. The third-order valence-corrected chi connectivity index (χ3v) is 6.94. The molecule has 2 aromatic carbocycles. The third-order valence-electron chi connectivity index (χ3n) is 5.22. The molecule has 0 spiro atoms. The van der Waals surface area contributed by atoms with Crippen LogP contribution in [0.1, 0.15) is 25.8 Å². The summed E-state index contributed by atoms with van der Waals surface area (Å²) in [5, 5.41) is 11.8. The number of anilines is 1. The molecular weight excluding hydrogens is 474 g/mol. The van der Waals surface area contributed by atoms with Gasteiger partial charge >= 0.3 is 5.56 Å². The van der Waals surface area contributed by atoms with Gasteiger partial charge in [0, 0.05) is 28.8 Å². The number of nitrogens with one attached hydrogen (secondary N) is 1. The van der Waals surface area contributed by atoms with Gasteiger partial charge in [0.1, 0.15) is 5.75 Å². The zero-order chi connectivity index (χ0) is 24.2. The summed E-state index contributed by atoms with van der Waals surface area (Å²) in [6.45, 7) is 6.31. The SMILES string of the molecule is CCOc1ccc(-n2ccn3c(SC(CC)C(=O)Nc4ccc(C)c(Cl)c4)nnc3c2=O)cc1. The van der Waals surface area contributed by atoms with Crippen molar-refractivity contribution < 1.29 is 9.53 Å². The van der Waals surface area contributed by atoms with Crippen LogP contribution in [0.25, 0.3) is 11.3 Å². The Bertz CT molecular complexity index is 1380.